The lowest BCUT2D eigenvalue weighted by Gasteiger charge is -2.25. The van der Waals surface area contributed by atoms with Crippen molar-refractivity contribution >= 4 is 17.5 Å². The van der Waals surface area contributed by atoms with Crippen LogP contribution < -0.4 is 0 Å². The van der Waals surface area contributed by atoms with Crippen LogP contribution in [-0.2, 0) is 23.9 Å². The van der Waals surface area contributed by atoms with Crippen LogP contribution in [0.4, 0.5) is 0 Å². The van der Waals surface area contributed by atoms with Crippen molar-refractivity contribution in [1.29, 1.82) is 0 Å². The van der Waals surface area contributed by atoms with E-state index in [4.69, 9.17) is 14.6 Å². The van der Waals surface area contributed by atoms with Crippen molar-refractivity contribution in [3.63, 3.8) is 0 Å². The summed E-state index contributed by atoms with van der Waals surface area (Å²) >= 11 is 0. The van der Waals surface area contributed by atoms with Crippen LogP contribution >= 0.6 is 0 Å². The van der Waals surface area contributed by atoms with E-state index in [1.807, 2.05) is 19.0 Å². The van der Waals surface area contributed by atoms with Gasteiger partial charge in [0.1, 0.15) is 11.6 Å². The van der Waals surface area contributed by atoms with E-state index in [1.54, 1.807) is 19.1 Å². The van der Waals surface area contributed by atoms with E-state index in [-0.39, 0.29) is 24.7 Å². The van der Waals surface area contributed by atoms with Gasteiger partial charge in [-0.25, -0.2) is 0 Å². The zero-order valence-electron chi connectivity index (χ0n) is 18.5. The molecule has 9 heteroatoms. The number of ether oxygens (including phenoxy) is 2. The van der Waals surface area contributed by atoms with Crippen molar-refractivity contribution in [3.8, 4) is 0 Å². The molecule has 0 saturated carbocycles. The van der Waals surface area contributed by atoms with Crippen LogP contribution in [0, 0.1) is 0 Å². The Kier molecular flexibility index (Phi) is 16.6. The molecule has 0 heterocycles. The number of carbonyl (C=O) groups is 3. The predicted octanol–water partition coefficient (Wildman–Crippen LogP) is 0.228. The average Bonchev–Trinajstić information content (AvgIpc) is 2.64. The number of Topliss-reactive ketones (excluding diaryl/α,β-unsaturated/α-hetero) is 2. The Balaban J connectivity index is 4.19. The van der Waals surface area contributed by atoms with Gasteiger partial charge >= 0.3 is 5.97 Å². The zero-order valence-corrected chi connectivity index (χ0v) is 18.5. The van der Waals surface area contributed by atoms with Gasteiger partial charge in [-0.2, -0.15) is 0 Å². The van der Waals surface area contributed by atoms with E-state index >= 15 is 0 Å². The maximum atomic E-state index is 12.0. The molecule has 0 rings (SSSR count). The van der Waals surface area contributed by atoms with Crippen molar-refractivity contribution in [2.45, 2.75) is 25.7 Å². The molecule has 0 aromatic rings. The fraction of sp³-hybridized carbons (Fsp3) is 0.850. The van der Waals surface area contributed by atoms with E-state index in [0.29, 0.717) is 52.1 Å². The highest BCUT2D eigenvalue weighted by atomic mass is 16.5. The number of nitrogens with zero attached hydrogens (tertiary/aromatic N) is 3. The number of rotatable bonds is 20. The fourth-order valence-electron chi connectivity index (χ4n) is 2.79. The Morgan fingerprint density at radius 3 is 1.72 bits per heavy atom. The van der Waals surface area contributed by atoms with E-state index in [1.165, 1.54) is 0 Å². The third-order valence-electron chi connectivity index (χ3n) is 4.47. The molecule has 0 aromatic heterocycles. The van der Waals surface area contributed by atoms with Gasteiger partial charge in [-0.1, -0.05) is 0 Å². The normalized spacial score (nSPS) is 11.6. The second-order valence-electron chi connectivity index (χ2n) is 7.42. The number of methoxy groups -OCH3 is 2. The van der Waals surface area contributed by atoms with Gasteiger partial charge in [0.15, 0.2) is 0 Å². The summed E-state index contributed by atoms with van der Waals surface area (Å²) in [6.45, 7) is 4.16. The average molecular weight is 418 g/mol. The van der Waals surface area contributed by atoms with Crippen LogP contribution in [-0.4, -0.2) is 125 Å². The van der Waals surface area contributed by atoms with E-state index in [2.05, 4.69) is 4.90 Å². The van der Waals surface area contributed by atoms with Crippen molar-refractivity contribution in [2.24, 2.45) is 0 Å². The number of hydrogen-bond acceptors (Lipinski definition) is 8. The minimum atomic E-state index is -0.941. The van der Waals surface area contributed by atoms with Crippen molar-refractivity contribution in [1.82, 2.24) is 14.7 Å². The summed E-state index contributed by atoms with van der Waals surface area (Å²) in [7, 11) is 7.08. The maximum absolute atomic E-state index is 12.0. The van der Waals surface area contributed by atoms with Crippen LogP contribution in [0.25, 0.3) is 0 Å². The molecular formula is C20H39N3O6. The first-order valence-electron chi connectivity index (χ1n) is 10.1. The summed E-state index contributed by atoms with van der Waals surface area (Å²) in [6, 6.07) is 0. The Hall–Kier alpha value is -1.39. The molecule has 0 bridgehead atoms. The number of ketones is 2. The molecule has 0 radical (unpaired) electrons. The van der Waals surface area contributed by atoms with Crippen molar-refractivity contribution in [3.05, 3.63) is 0 Å². The lowest BCUT2D eigenvalue weighted by Crippen LogP contribution is -2.41. The largest absolute Gasteiger partial charge is 0.480 e. The molecule has 9 nitrogen and oxygen atoms in total. The SMILES string of the molecule is COCCCC(=O)CN(C)CCN(C)CCN(CC(=O)O)CC(=O)CCCOC. The summed E-state index contributed by atoms with van der Waals surface area (Å²) in [5.41, 5.74) is 0. The van der Waals surface area contributed by atoms with Crippen LogP contribution in [0.3, 0.4) is 0 Å². The summed E-state index contributed by atoms with van der Waals surface area (Å²) in [5, 5.41) is 9.08. The molecule has 0 unspecified atom stereocenters. The quantitative estimate of drug-likeness (QED) is 0.279. The van der Waals surface area contributed by atoms with Gasteiger partial charge in [-0.3, -0.25) is 24.2 Å². The molecule has 0 fully saturated rings. The van der Waals surface area contributed by atoms with Crippen LogP contribution in [0.15, 0.2) is 0 Å². The first-order valence-corrected chi connectivity index (χ1v) is 10.1. The first-order chi connectivity index (χ1) is 13.8. The lowest BCUT2D eigenvalue weighted by molar-refractivity contribution is -0.138. The highest BCUT2D eigenvalue weighted by Crippen LogP contribution is 1.98. The monoisotopic (exact) mass is 417 g/mol. The van der Waals surface area contributed by atoms with E-state index in [9.17, 15) is 14.4 Å². The molecule has 0 amide bonds. The minimum absolute atomic E-state index is 0.0256. The van der Waals surface area contributed by atoms with E-state index < -0.39 is 5.97 Å². The Morgan fingerprint density at radius 2 is 1.21 bits per heavy atom. The Bertz CT molecular complexity index is 475. The second kappa shape index (κ2) is 17.5. The Morgan fingerprint density at radius 1 is 0.724 bits per heavy atom. The number of hydrogen-bond donors (Lipinski definition) is 1. The summed E-state index contributed by atoms with van der Waals surface area (Å²) in [5.74, 6) is -0.714. The fourth-order valence-corrected chi connectivity index (χ4v) is 2.79. The smallest absolute Gasteiger partial charge is 0.317 e. The standard InChI is InChI=1S/C20H39N3O6/c1-21(9-10-22(2)15-18(24)7-5-13-28-3)11-12-23(17-20(26)27)16-19(25)8-6-14-29-4/h5-17H2,1-4H3,(H,26,27). The highest BCUT2D eigenvalue weighted by molar-refractivity contribution is 5.81. The highest BCUT2D eigenvalue weighted by Gasteiger charge is 2.15. The number of aliphatic carboxylic acids is 1. The van der Waals surface area contributed by atoms with Gasteiger partial charge in [-0.05, 0) is 26.9 Å². The van der Waals surface area contributed by atoms with Gasteiger partial charge in [0.05, 0.1) is 19.6 Å². The number of likely N-dealkylation sites (N-methyl/N-ethyl adjacent to an activating group) is 2. The van der Waals surface area contributed by atoms with Gasteiger partial charge in [-0.15, -0.1) is 0 Å². The molecule has 1 N–H and O–H groups in total. The molecule has 0 spiro atoms. The molecular weight excluding hydrogens is 378 g/mol. The zero-order chi connectivity index (χ0) is 22.1. The molecule has 170 valence electrons. The van der Waals surface area contributed by atoms with Gasteiger partial charge in [0, 0.05) is 66.5 Å². The van der Waals surface area contributed by atoms with Crippen molar-refractivity contribution in [2.75, 3.05) is 87.3 Å². The van der Waals surface area contributed by atoms with Gasteiger partial charge < -0.3 is 19.5 Å². The molecule has 0 aliphatic heterocycles. The van der Waals surface area contributed by atoms with Gasteiger partial charge in [0.25, 0.3) is 0 Å². The van der Waals surface area contributed by atoms with Crippen LogP contribution in [0.1, 0.15) is 25.7 Å². The third kappa shape index (κ3) is 17.2. The minimum Gasteiger partial charge on any atom is -0.480 e. The van der Waals surface area contributed by atoms with Crippen LogP contribution in [0.2, 0.25) is 0 Å². The first kappa shape index (κ1) is 27.6. The molecule has 0 aromatic carbocycles. The summed E-state index contributed by atoms with van der Waals surface area (Å²) in [4.78, 5) is 40.7. The molecule has 0 aliphatic rings. The lowest BCUT2D eigenvalue weighted by atomic mass is 10.2. The summed E-state index contributed by atoms with van der Waals surface area (Å²) in [6.07, 6.45) is 2.30. The van der Waals surface area contributed by atoms with Crippen LogP contribution in [0.5, 0.6) is 0 Å². The second-order valence-corrected chi connectivity index (χ2v) is 7.42. The van der Waals surface area contributed by atoms with E-state index in [0.717, 1.165) is 19.5 Å². The third-order valence-corrected chi connectivity index (χ3v) is 4.47. The summed E-state index contributed by atoms with van der Waals surface area (Å²) < 4.78 is 9.89. The van der Waals surface area contributed by atoms with Gasteiger partial charge in [0.2, 0.25) is 0 Å². The van der Waals surface area contributed by atoms with Crippen molar-refractivity contribution < 1.29 is 29.0 Å². The molecule has 0 saturated heterocycles. The predicted molar refractivity (Wildman–Crippen MR) is 111 cm³/mol. The number of carboxylic acid groups (broad SMARTS) is 1. The Labute approximate surface area is 174 Å². The molecule has 0 atom stereocenters. The number of carbonyl (C=O) groups excluding carboxylic acids is 2. The molecule has 0 aliphatic carbocycles. The number of carboxylic acids is 1. The maximum Gasteiger partial charge on any atom is 0.317 e. The molecule has 29 heavy (non-hydrogen) atoms. The topological polar surface area (TPSA) is 99.6 Å².